The number of nitrogens with one attached hydrogen (secondary N) is 1. The molecule has 1 saturated heterocycles. The molecule has 2 aromatic carbocycles. The summed E-state index contributed by atoms with van der Waals surface area (Å²) in [4.78, 5) is 15.2. The van der Waals surface area contributed by atoms with Gasteiger partial charge in [0.15, 0.2) is 0 Å². The number of amides is 1. The van der Waals surface area contributed by atoms with E-state index in [0.717, 1.165) is 36.4 Å². The van der Waals surface area contributed by atoms with Crippen LogP contribution in [0.2, 0.25) is 0 Å². The fraction of sp³-hybridized carbons (Fsp3) is 0.458. The Kier molecular flexibility index (Phi) is 6.94. The van der Waals surface area contributed by atoms with Gasteiger partial charge in [-0.25, -0.2) is 8.42 Å². The molecule has 1 fully saturated rings. The van der Waals surface area contributed by atoms with Crippen LogP contribution in [0.1, 0.15) is 54.2 Å². The number of carbonyl (C=O) groups excluding carboxylic acids is 1. The molecule has 1 amide bonds. The molecular weight excluding hydrogens is 410 g/mol. The fourth-order valence-corrected chi connectivity index (χ4v) is 4.43. The molecule has 1 atom stereocenters. The van der Waals surface area contributed by atoms with Crippen molar-refractivity contribution in [3.63, 3.8) is 0 Å². The van der Waals surface area contributed by atoms with Crippen molar-refractivity contribution in [1.29, 1.82) is 0 Å². The predicted molar refractivity (Wildman–Crippen MR) is 127 cm³/mol. The van der Waals surface area contributed by atoms with Gasteiger partial charge < -0.3 is 10.2 Å². The van der Waals surface area contributed by atoms with Crippen LogP contribution >= 0.6 is 0 Å². The van der Waals surface area contributed by atoms with Gasteiger partial charge in [-0.05, 0) is 68.0 Å². The van der Waals surface area contributed by atoms with Crippen molar-refractivity contribution >= 4 is 27.3 Å². The Morgan fingerprint density at radius 1 is 1.13 bits per heavy atom. The lowest BCUT2D eigenvalue weighted by Crippen LogP contribution is -2.32. The van der Waals surface area contributed by atoms with Gasteiger partial charge >= 0.3 is 0 Å². The zero-order valence-corrected chi connectivity index (χ0v) is 19.9. The van der Waals surface area contributed by atoms with E-state index in [4.69, 9.17) is 0 Å². The average molecular weight is 444 g/mol. The van der Waals surface area contributed by atoms with E-state index in [-0.39, 0.29) is 11.9 Å². The van der Waals surface area contributed by atoms with Gasteiger partial charge in [0.05, 0.1) is 18.0 Å². The van der Waals surface area contributed by atoms with Gasteiger partial charge in [0.25, 0.3) is 5.91 Å². The molecule has 3 rings (SSSR count). The van der Waals surface area contributed by atoms with Crippen LogP contribution in [0.15, 0.2) is 42.5 Å². The second-order valence-electron chi connectivity index (χ2n) is 8.69. The van der Waals surface area contributed by atoms with Gasteiger partial charge in [-0.2, -0.15) is 0 Å². The number of hydrogen-bond donors (Lipinski definition) is 1. The van der Waals surface area contributed by atoms with Crippen molar-refractivity contribution in [2.45, 2.75) is 39.7 Å². The first-order valence-corrected chi connectivity index (χ1v) is 12.6. The van der Waals surface area contributed by atoms with Crippen LogP contribution in [0.3, 0.4) is 0 Å². The summed E-state index contributed by atoms with van der Waals surface area (Å²) in [6.45, 7) is 8.26. The molecular formula is C24H33N3O3S. The molecule has 1 aliphatic rings. The van der Waals surface area contributed by atoms with E-state index < -0.39 is 10.0 Å². The van der Waals surface area contributed by atoms with Crippen LogP contribution in [-0.2, 0) is 10.0 Å². The molecule has 1 N–H and O–H groups in total. The van der Waals surface area contributed by atoms with E-state index in [2.05, 4.69) is 41.4 Å². The van der Waals surface area contributed by atoms with Crippen LogP contribution in [0.25, 0.3) is 0 Å². The van der Waals surface area contributed by atoms with Gasteiger partial charge in [0, 0.05) is 31.4 Å². The van der Waals surface area contributed by atoms with Crippen molar-refractivity contribution in [3.8, 4) is 0 Å². The molecule has 0 radical (unpaired) electrons. The minimum atomic E-state index is -3.41. The highest BCUT2D eigenvalue weighted by atomic mass is 32.2. The summed E-state index contributed by atoms with van der Waals surface area (Å²) in [5, 5.41) is 3.02. The molecule has 1 aliphatic heterocycles. The highest BCUT2D eigenvalue weighted by molar-refractivity contribution is 7.92. The van der Waals surface area contributed by atoms with Crippen molar-refractivity contribution in [3.05, 3.63) is 59.2 Å². The maximum Gasteiger partial charge on any atom is 0.251 e. The lowest BCUT2D eigenvalue weighted by atomic mass is 9.98. The standard InChI is InChI=1S/C24H33N3O3S/c1-17-12-14-27(15-13-17)22-10-8-20(9-11-22)19(3)25-24(28)21-7-6-18(2)23(16-21)26(4)31(5,29)30/h6-11,16-17,19H,12-15H2,1-5H3,(H,25,28)/t19-/m1/s1. The van der Waals surface area contributed by atoms with Gasteiger partial charge in [-0.1, -0.05) is 25.1 Å². The highest BCUT2D eigenvalue weighted by Gasteiger charge is 2.19. The monoisotopic (exact) mass is 443 g/mol. The zero-order valence-electron chi connectivity index (χ0n) is 19.1. The highest BCUT2D eigenvalue weighted by Crippen LogP contribution is 2.26. The van der Waals surface area contributed by atoms with Crippen molar-refractivity contribution in [2.75, 3.05) is 35.6 Å². The molecule has 0 aromatic heterocycles. The minimum absolute atomic E-state index is 0.166. The number of carbonyl (C=O) groups is 1. The molecule has 1 heterocycles. The van der Waals surface area contributed by atoms with Gasteiger partial charge in [0.2, 0.25) is 10.0 Å². The van der Waals surface area contributed by atoms with Crippen molar-refractivity contribution < 1.29 is 13.2 Å². The molecule has 6 nitrogen and oxygen atoms in total. The van der Waals surface area contributed by atoms with Crippen LogP contribution in [-0.4, -0.2) is 40.7 Å². The molecule has 0 unspecified atom stereocenters. The third-order valence-electron chi connectivity index (χ3n) is 6.20. The van der Waals surface area contributed by atoms with E-state index in [1.165, 1.54) is 29.9 Å². The Hall–Kier alpha value is -2.54. The average Bonchev–Trinajstić information content (AvgIpc) is 2.73. The van der Waals surface area contributed by atoms with Gasteiger partial charge in [0.1, 0.15) is 0 Å². The first-order chi connectivity index (χ1) is 14.6. The number of aryl methyl sites for hydroxylation is 1. The van der Waals surface area contributed by atoms with E-state index in [0.29, 0.717) is 11.3 Å². The number of nitrogens with zero attached hydrogens (tertiary/aromatic N) is 2. The first-order valence-electron chi connectivity index (χ1n) is 10.8. The first kappa shape index (κ1) is 23.1. The van der Waals surface area contributed by atoms with Gasteiger partial charge in [-0.15, -0.1) is 0 Å². The SMILES string of the molecule is Cc1ccc(C(=O)N[C@H](C)c2ccc(N3CCC(C)CC3)cc2)cc1N(C)S(C)(=O)=O. The topological polar surface area (TPSA) is 69.7 Å². The largest absolute Gasteiger partial charge is 0.372 e. The Morgan fingerprint density at radius 3 is 2.32 bits per heavy atom. The molecule has 0 spiro atoms. The van der Waals surface area contributed by atoms with E-state index >= 15 is 0 Å². The van der Waals surface area contributed by atoms with E-state index in [1.807, 2.05) is 13.8 Å². The van der Waals surface area contributed by atoms with Crippen molar-refractivity contribution in [1.82, 2.24) is 5.32 Å². The Labute approximate surface area is 186 Å². The molecule has 0 saturated carbocycles. The maximum atomic E-state index is 12.8. The number of benzene rings is 2. The fourth-order valence-electron chi connectivity index (χ4n) is 3.87. The lowest BCUT2D eigenvalue weighted by molar-refractivity contribution is 0.0940. The Morgan fingerprint density at radius 2 is 1.74 bits per heavy atom. The van der Waals surface area contributed by atoms with E-state index in [1.54, 1.807) is 18.2 Å². The summed E-state index contributed by atoms with van der Waals surface area (Å²) in [7, 11) is -1.91. The third kappa shape index (κ3) is 5.58. The normalized spacial score (nSPS) is 16.1. The second kappa shape index (κ2) is 9.30. The summed E-state index contributed by atoms with van der Waals surface area (Å²) < 4.78 is 25.0. The van der Waals surface area contributed by atoms with E-state index in [9.17, 15) is 13.2 Å². The summed E-state index contributed by atoms with van der Waals surface area (Å²) in [5.74, 6) is 0.565. The number of piperidine rings is 1. The summed E-state index contributed by atoms with van der Waals surface area (Å²) >= 11 is 0. The van der Waals surface area contributed by atoms with Crippen LogP contribution in [0, 0.1) is 12.8 Å². The summed E-state index contributed by atoms with van der Waals surface area (Å²) in [6, 6.07) is 13.3. The molecule has 168 valence electrons. The molecule has 0 bridgehead atoms. The number of hydrogen-bond acceptors (Lipinski definition) is 4. The smallest absolute Gasteiger partial charge is 0.251 e. The summed E-state index contributed by atoms with van der Waals surface area (Å²) in [6.07, 6.45) is 3.60. The predicted octanol–water partition coefficient (Wildman–Crippen LogP) is 4.12. The number of sulfonamides is 1. The van der Waals surface area contributed by atoms with Crippen molar-refractivity contribution in [2.24, 2.45) is 5.92 Å². The molecule has 7 heteroatoms. The second-order valence-corrected chi connectivity index (χ2v) is 10.7. The molecule has 0 aliphatic carbocycles. The minimum Gasteiger partial charge on any atom is -0.372 e. The third-order valence-corrected chi connectivity index (χ3v) is 7.39. The zero-order chi connectivity index (χ0) is 22.8. The van der Waals surface area contributed by atoms with Crippen LogP contribution < -0.4 is 14.5 Å². The number of rotatable bonds is 6. The molecule has 31 heavy (non-hydrogen) atoms. The molecule has 2 aromatic rings. The van der Waals surface area contributed by atoms with Crippen LogP contribution in [0.5, 0.6) is 0 Å². The maximum absolute atomic E-state index is 12.8. The Bertz CT molecular complexity index is 1030. The lowest BCUT2D eigenvalue weighted by Gasteiger charge is -2.32. The quantitative estimate of drug-likeness (QED) is 0.729. The Balaban J connectivity index is 1.69. The van der Waals surface area contributed by atoms with Gasteiger partial charge in [-0.3, -0.25) is 9.10 Å². The van der Waals surface area contributed by atoms with Crippen LogP contribution in [0.4, 0.5) is 11.4 Å². The number of anilines is 2. The summed E-state index contributed by atoms with van der Waals surface area (Å²) in [5.41, 5.74) is 3.98.